The molecule has 27 aromatic rings. The van der Waals surface area contributed by atoms with Crippen molar-refractivity contribution in [1.29, 1.82) is 0 Å². The lowest BCUT2D eigenvalue weighted by atomic mass is 9.82. The number of thiophene rings is 2. The van der Waals surface area contributed by atoms with Crippen LogP contribution >= 0.6 is 22.7 Å². The van der Waals surface area contributed by atoms with Crippen molar-refractivity contribution >= 4 is 190 Å². The fourth-order valence-corrected chi connectivity index (χ4v) is 26.6. The summed E-state index contributed by atoms with van der Waals surface area (Å²) in [6.07, 6.45) is 0. The molecule has 0 atom stereocenters. The molecule has 690 valence electrons. The van der Waals surface area contributed by atoms with Crippen LogP contribution in [0.4, 0.5) is 51.2 Å². The largest absolute Gasteiger partial charge is 0.453 e. The number of hydrogen-bond donors (Lipinski definition) is 0. The topological polar surface area (TPSA) is 79.9 Å². The number of rotatable bonds is 12. The molecule has 7 aliphatic rings. The average molecular weight is 1920 g/mol. The third kappa shape index (κ3) is 12.2. The Kier molecular flexibility index (Phi) is 17.3. The van der Waals surface area contributed by atoms with Crippen molar-refractivity contribution in [1.82, 2.24) is 13.7 Å². The maximum atomic E-state index is 6.81. The van der Waals surface area contributed by atoms with Gasteiger partial charge in [-0.05, 0) is 230 Å². The van der Waals surface area contributed by atoms with Crippen molar-refractivity contribution in [3.05, 3.63) is 460 Å². The zero-order valence-corrected chi connectivity index (χ0v) is 80.8. The predicted molar refractivity (Wildman–Crippen MR) is 604 cm³/mol. The van der Waals surface area contributed by atoms with Gasteiger partial charge in [0.1, 0.15) is 17.1 Å². The van der Waals surface area contributed by atoms with E-state index in [9.17, 15) is 0 Å². The number of nitrogens with zero attached hydrogens (tertiary/aromatic N) is 6. The Labute approximate surface area is 850 Å². The molecular formula is C133H80N6O6S2. The first-order valence-electron chi connectivity index (χ1n) is 49.8. The van der Waals surface area contributed by atoms with Crippen LogP contribution in [0.2, 0.25) is 0 Å². The standard InChI is InChI=1S/C49H32N2O2.2C42H24N2O2S/c1-49(2)40-19-6-5-16-36(40)38-26-32(23-24-41(38)49)50(31-14-7-13-30(25-31)35-17-8-12-29-11-3-4-15-34(29)35)33-27-39-37-18-9-20-42-46(37)51-47(39)45(28-33)53-44-22-10-21-43(52-42)48(44)51;1-2-9-25(10-3-1)26-11-6-12-27(21-26)43(28-19-20-31-30-13-4-5-18-38(30)47-39(31)24-28)29-22-33-32-14-7-15-34-40(32)44-41(33)37(23-29)46-36-17-8-16-35(45-34)42(36)44;1-2-9-25(10-3-1)26-11-6-12-27(21-26)43(28-19-20-39-32(22-28)30-13-4-5-18-38(30)47-39)29-23-33-31-14-7-15-34-40(31)44-41(33)37(24-29)46-36-17-8-16-35(45-34)42(36)44/h3-28H,1-2H3;2*1-24H. The number of anilines is 9. The van der Waals surface area contributed by atoms with Gasteiger partial charge in [-0.25, -0.2) is 0 Å². The monoisotopic (exact) mass is 1920 g/mol. The third-order valence-corrected chi connectivity index (χ3v) is 33.0. The highest BCUT2D eigenvalue weighted by atomic mass is 32.1. The van der Waals surface area contributed by atoms with E-state index in [-0.39, 0.29) is 5.41 Å². The first kappa shape index (κ1) is 81.8. The van der Waals surface area contributed by atoms with Crippen LogP contribution in [-0.2, 0) is 5.41 Å². The summed E-state index contributed by atoms with van der Waals surface area (Å²) < 4.78 is 51.7. The summed E-state index contributed by atoms with van der Waals surface area (Å²) in [6.45, 7) is 4.67. The Morgan fingerprint density at radius 2 is 0.503 bits per heavy atom. The Morgan fingerprint density at radius 3 is 1.02 bits per heavy atom. The molecule has 6 aliphatic heterocycles. The molecule has 12 nitrogen and oxygen atoms in total. The summed E-state index contributed by atoms with van der Waals surface area (Å²) in [5, 5.41) is 14.4. The average Bonchev–Trinajstić information content (AvgIpc) is 1.54. The zero-order chi connectivity index (χ0) is 96.3. The molecule has 11 heterocycles. The number of ether oxygens (including phenoxy) is 6. The Bertz CT molecular complexity index is 10400. The lowest BCUT2D eigenvalue weighted by molar-refractivity contribution is 0.443. The molecule has 34 rings (SSSR count). The van der Waals surface area contributed by atoms with E-state index in [0.29, 0.717) is 0 Å². The Morgan fingerprint density at radius 1 is 0.184 bits per heavy atom. The van der Waals surface area contributed by atoms with Crippen molar-refractivity contribution in [2.24, 2.45) is 0 Å². The Hall–Kier alpha value is -18.9. The summed E-state index contributed by atoms with van der Waals surface area (Å²) in [6, 6.07) is 161. The Balaban J connectivity index is 0.0000000982. The molecule has 0 radical (unpaired) electrons. The summed E-state index contributed by atoms with van der Waals surface area (Å²) in [7, 11) is 0. The number of hydrogen-bond acceptors (Lipinski definition) is 11. The first-order chi connectivity index (χ1) is 72.6. The van der Waals surface area contributed by atoms with Crippen LogP contribution in [-0.4, -0.2) is 13.7 Å². The van der Waals surface area contributed by atoms with Gasteiger partial charge in [0.05, 0.1) is 50.2 Å². The van der Waals surface area contributed by atoms with Gasteiger partial charge in [-0.2, -0.15) is 0 Å². The second-order valence-corrected chi connectivity index (χ2v) is 41.4. The minimum atomic E-state index is -0.0827. The van der Waals surface area contributed by atoms with Crippen LogP contribution in [0.1, 0.15) is 25.0 Å². The molecule has 0 bridgehead atoms. The minimum Gasteiger partial charge on any atom is -0.453 e. The molecule has 147 heavy (non-hydrogen) atoms. The second-order valence-electron chi connectivity index (χ2n) is 39.3. The van der Waals surface area contributed by atoms with Crippen LogP contribution in [0.15, 0.2) is 449 Å². The highest BCUT2D eigenvalue weighted by molar-refractivity contribution is 7.26. The molecule has 0 N–H and O–H groups in total. The van der Waals surface area contributed by atoms with Gasteiger partial charge < -0.3 is 43.1 Å². The summed E-state index contributed by atoms with van der Waals surface area (Å²) in [5.74, 6) is 9.89. The van der Waals surface area contributed by atoms with E-state index in [0.717, 1.165) is 203 Å². The predicted octanol–water partition coefficient (Wildman–Crippen LogP) is 38.6. The normalized spacial score (nSPS) is 13.1. The number of benzene rings is 22. The van der Waals surface area contributed by atoms with Crippen molar-refractivity contribution in [3.8, 4) is 131 Å². The van der Waals surface area contributed by atoms with Crippen molar-refractivity contribution in [2.75, 3.05) is 14.7 Å². The van der Waals surface area contributed by atoms with Gasteiger partial charge in [0, 0.05) is 130 Å². The molecule has 5 aromatic heterocycles. The maximum absolute atomic E-state index is 6.81. The van der Waals surface area contributed by atoms with E-state index < -0.39 is 0 Å². The van der Waals surface area contributed by atoms with Gasteiger partial charge in [-0.15, -0.1) is 22.7 Å². The second kappa shape index (κ2) is 31.1. The first-order valence-corrected chi connectivity index (χ1v) is 51.4. The van der Waals surface area contributed by atoms with E-state index in [1.807, 2.05) is 77.3 Å². The van der Waals surface area contributed by atoms with E-state index in [4.69, 9.17) is 28.4 Å². The van der Waals surface area contributed by atoms with Crippen LogP contribution in [0.3, 0.4) is 0 Å². The lowest BCUT2D eigenvalue weighted by Crippen LogP contribution is -2.15. The van der Waals surface area contributed by atoms with Crippen molar-refractivity contribution < 1.29 is 28.4 Å². The molecular weight excluding hydrogens is 1840 g/mol. The van der Waals surface area contributed by atoms with Gasteiger partial charge in [0.2, 0.25) is 0 Å². The SMILES string of the molecule is CC1(C)c2ccccc2-c2cc(N(c3cccc(-c4cccc5ccccc45)c3)c3cc4c5c(c3)c3cccc6c3n5-c3c(cccc3O4)O6)ccc21.c1ccc(-c2cccc(N(c3ccc4c(c3)sc3ccccc34)c3cc4c5c(c3)c3cccc6c3n5-c3c(cccc3O4)O6)c2)cc1.c1ccc(-c2cccc(N(c3ccc4sc5ccccc5c4c3)c3cc4c5c(c3)c3cccc6c3n5-c3c(cccc3O4)O6)c2)cc1. The molecule has 0 saturated carbocycles. The van der Waals surface area contributed by atoms with E-state index >= 15 is 0 Å². The number of fused-ring (bicyclic) bond motifs is 13. The van der Waals surface area contributed by atoms with E-state index in [1.165, 1.54) is 107 Å². The molecule has 0 amide bonds. The summed E-state index contributed by atoms with van der Waals surface area (Å²) in [5.41, 5.74) is 31.2. The van der Waals surface area contributed by atoms with Crippen molar-refractivity contribution in [2.45, 2.75) is 19.3 Å². The summed E-state index contributed by atoms with van der Waals surface area (Å²) >= 11 is 3.68. The van der Waals surface area contributed by atoms with Gasteiger partial charge in [0.15, 0.2) is 69.0 Å². The lowest BCUT2D eigenvalue weighted by Gasteiger charge is -2.30. The third-order valence-electron chi connectivity index (χ3n) is 30.7. The van der Waals surface area contributed by atoms with Crippen LogP contribution in [0.25, 0.3) is 178 Å². The fraction of sp³-hybridized carbons (Fsp3) is 0.0226. The molecule has 0 fully saturated rings. The maximum Gasteiger partial charge on any atom is 0.155 e. The highest BCUT2D eigenvalue weighted by Gasteiger charge is 2.40. The van der Waals surface area contributed by atoms with Crippen molar-refractivity contribution in [3.63, 3.8) is 0 Å². The van der Waals surface area contributed by atoms with Crippen LogP contribution in [0, 0.1) is 0 Å². The van der Waals surface area contributed by atoms with Crippen LogP contribution in [0.5, 0.6) is 69.0 Å². The number of para-hydroxylation sites is 6. The van der Waals surface area contributed by atoms with Gasteiger partial charge >= 0.3 is 0 Å². The van der Waals surface area contributed by atoms with E-state index in [2.05, 4.69) is 437 Å². The zero-order valence-electron chi connectivity index (χ0n) is 79.2. The number of aromatic nitrogens is 3. The molecule has 0 spiro atoms. The molecule has 0 unspecified atom stereocenters. The minimum absolute atomic E-state index is 0.0827. The fourth-order valence-electron chi connectivity index (χ4n) is 24.3. The van der Waals surface area contributed by atoms with Gasteiger partial charge in [-0.3, -0.25) is 13.7 Å². The summed E-state index contributed by atoms with van der Waals surface area (Å²) in [4.78, 5) is 7.13. The quantitative estimate of drug-likeness (QED) is 0.119. The van der Waals surface area contributed by atoms with Crippen LogP contribution < -0.4 is 43.1 Å². The molecule has 0 saturated heterocycles. The van der Waals surface area contributed by atoms with Gasteiger partial charge in [-0.1, -0.05) is 281 Å². The highest BCUT2D eigenvalue weighted by Crippen LogP contribution is 2.62. The van der Waals surface area contributed by atoms with E-state index in [1.54, 1.807) is 0 Å². The van der Waals surface area contributed by atoms with Gasteiger partial charge in [0.25, 0.3) is 0 Å². The molecule has 1 aliphatic carbocycles. The molecule has 14 heteroatoms. The molecule has 22 aromatic carbocycles. The smallest absolute Gasteiger partial charge is 0.155 e.